The Balaban J connectivity index is 1.90. The predicted molar refractivity (Wildman–Crippen MR) is 69.6 cm³/mol. The highest BCUT2D eigenvalue weighted by Gasteiger charge is 2.04. The quantitative estimate of drug-likeness (QED) is 0.852. The van der Waals surface area contributed by atoms with Crippen LogP contribution in [0.3, 0.4) is 0 Å². The van der Waals surface area contributed by atoms with Gasteiger partial charge < -0.3 is 5.32 Å². The zero-order valence-corrected chi connectivity index (χ0v) is 10.5. The number of aromatic nitrogens is 2. The maximum atomic E-state index is 4.43. The second kappa shape index (κ2) is 5.64. The van der Waals surface area contributed by atoms with Crippen LogP contribution in [0.1, 0.15) is 23.7 Å². The molecule has 90 valence electrons. The van der Waals surface area contributed by atoms with Crippen LogP contribution in [-0.2, 0) is 26.6 Å². The normalized spacial score (nSPS) is 10.7. The average molecular weight is 229 g/mol. The first-order valence-electron chi connectivity index (χ1n) is 6.05. The lowest BCUT2D eigenvalue weighted by Crippen LogP contribution is -2.13. The van der Waals surface area contributed by atoms with Gasteiger partial charge in [-0.1, -0.05) is 37.3 Å². The summed E-state index contributed by atoms with van der Waals surface area (Å²) in [5.41, 5.74) is 3.80. The van der Waals surface area contributed by atoms with Gasteiger partial charge in [0.1, 0.15) is 0 Å². The van der Waals surface area contributed by atoms with Gasteiger partial charge >= 0.3 is 0 Å². The fourth-order valence-electron chi connectivity index (χ4n) is 1.97. The molecule has 2 aromatic rings. The molecule has 0 aliphatic rings. The van der Waals surface area contributed by atoms with Crippen molar-refractivity contribution >= 4 is 0 Å². The van der Waals surface area contributed by atoms with E-state index < -0.39 is 0 Å². The molecule has 1 aromatic carbocycles. The van der Waals surface area contributed by atoms with Crippen molar-refractivity contribution in [3.63, 3.8) is 0 Å². The Morgan fingerprint density at radius 3 is 2.65 bits per heavy atom. The van der Waals surface area contributed by atoms with E-state index in [-0.39, 0.29) is 0 Å². The highest BCUT2D eigenvalue weighted by molar-refractivity contribution is 5.18. The Labute approximate surface area is 102 Å². The van der Waals surface area contributed by atoms with Crippen LogP contribution < -0.4 is 5.32 Å². The van der Waals surface area contributed by atoms with Crippen molar-refractivity contribution in [2.75, 3.05) is 0 Å². The minimum absolute atomic E-state index is 0.881. The van der Waals surface area contributed by atoms with Crippen LogP contribution in [0.5, 0.6) is 0 Å². The molecule has 1 heterocycles. The van der Waals surface area contributed by atoms with E-state index in [4.69, 9.17) is 0 Å². The lowest BCUT2D eigenvalue weighted by Gasteiger charge is -2.04. The van der Waals surface area contributed by atoms with E-state index in [1.165, 1.54) is 16.8 Å². The van der Waals surface area contributed by atoms with Crippen molar-refractivity contribution in [3.05, 3.63) is 53.3 Å². The zero-order chi connectivity index (χ0) is 12.1. The SMILES string of the molecule is CCc1nn(C)cc1CNCc1ccccc1. The third-order valence-electron chi connectivity index (χ3n) is 2.81. The van der Waals surface area contributed by atoms with Gasteiger partial charge in [-0.05, 0) is 12.0 Å². The van der Waals surface area contributed by atoms with Gasteiger partial charge in [0.15, 0.2) is 0 Å². The Morgan fingerprint density at radius 2 is 1.94 bits per heavy atom. The lowest BCUT2D eigenvalue weighted by atomic mass is 10.2. The van der Waals surface area contributed by atoms with Gasteiger partial charge in [-0.3, -0.25) is 4.68 Å². The van der Waals surface area contributed by atoms with Gasteiger partial charge in [-0.15, -0.1) is 0 Å². The van der Waals surface area contributed by atoms with Crippen molar-refractivity contribution in [3.8, 4) is 0 Å². The molecule has 0 unspecified atom stereocenters. The lowest BCUT2D eigenvalue weighted by molar-refractivity contribution is 0.688. The van der Waals surface area contributed by atoms with Crippen LogP contribution in [0.15, 0.2) is 36.5 Å². The molecule has 0 aliphatic heterocycles. The summed E-state index contributed by atoms with van der Waals surface area (Å²) in [5.74, 6) is 0. The van der Waals surface area contributed by atoms with Gasteiger partial charge in [0.2, 0.25) is 0 Å². The molecule has 0 spiro atoms. The fraction of sp³-hybridized carbons (Fsp3) is 0.357. The van der Waals surface area contributed by atoms with Crippen molar-refractivity contribution in [1.82, 2.24) is 15.1 Å². The largest absolute Gasteiger partial charge is 0.308 e. The number of hydrogen-bond donors (Lipinski definition) is 1. The Morgan fingerprint density at radius 1 is 1.18 bits per heavy atom. The van der Waals surface area contributed by atoms with Crippen LogP contribution in [0, 0.1) is 0 Å². The van der Waals surface area contributed by atoms with Crippen LogP contribution in [0.25, 0.3) is 0 Å². The van der Waals surface area contributed by atoms with Crippen molar-refractivity contribution < 1.29 is 0 Å². The van der Waals surface area contributed by atoms with Crippen LogP contribution in [0.2, 0.25) is 0 Å². The molecule has 17 heavy (non-hydrogen) atoms. The summed E-state index contributed by atoms with van der Waals surface area (Å²) in [6.07, 6.45) is 3.08. The minimum atomic E-state index is 0.881. The predicted octanol–water partition coefficient (Wildman–Crippen LogP) is 2.27. The number of aryl methyl sites for hydroxylation is 2. The van der Waals surface area contributed by atoms with Gasteiger partial charge in [0.05, 0.1) is 5.69 Å². The van der Waals surface area contributed by atoms with E-state index in [0.29, 0.717) is 0 Å². The molecule has 2 rings (SSSR count). The number of nitrogens with zero attached hydrogens (tertiary/aromatic N) is 2. The molecule has 1 aromatic heterocycles. The molecule has 0 saturated carbocycles. The number of benzene rings is 1. The molecule has 1 N–H and O–H groups in total. The summed E-state index contributed by atoms with van der Waals surface area (Å²) >= 11 is 0. The van der Waals surface area contributed by atoms with E-state index >= 15 is 0 Å². The molecule has 3 nitrogen and oxygen atoms in total. The Hall–Kier alpha value is -1.61. The smallest absolute Gasteiger partial charge is 0.0666 e. The second-order valence-corrected chi connectivity index (χ2v) is 4.22. The summed E-state index contributed by atoms with van der Waals surface area (Å²) in [6, 6.07) is 10.4. The molecular formula is C14H19N3. The molecule has 0 atom stereocenters. The third-order valence-corrected chi connectivity index (χ3v) is 2.81. The van der Waals surface area contributed by atoms with E-state index in [0.717, 1.165) is 19.5 Å². The molecule has 3 heteroatoms. The topological polar surface area (TPSA) is 29.9 Å². The fourth-order valence-corrected chi connectivity index (χ4v) is 1.97. The van der Waals surface area contributed by atoms with Crippen molar-refractivity contribution in [2.24, 2.45) is 7.05 Å². The monoisotopic (exact) mass is 229 g/mol. The molecule has 0 amide bonds. The summed E-state index contributed by atoms with van der Waals surface area (Å²) in [6.45, 7) is 3.92. The Bertz CT molecular complexity index is 460. The van der Waals surface area contributed by atoms with Gasteiger partial charge in [0.25, 0.3) is 0 Å². The van der Waals surface area contributed by atoms with E-state index in [1.54, 1.807) is 0 Å². The standard InChI is InChI=1S/C14H19N3/c1-3-14-13(11-17(2)16-14)10-15-9-12-7-5-4-6-8-12/h4-8,11,15H,3,9-10H2,1-2H3. The number of rotatable bonds is 5. The van der Waals surface area contributed by atoms with Crippen LogP contribution >= 0.6 is 0 Å². The van der Waals surface area contributed by atoms with Crippen LogP contribution in [0.4, 0.5) is 0 Å². The average Bonchev–Trinajstić information content (AvgIpc) is 2.71. The summed E-state index contributed by atoms with van der Waals surface area (Å²) in [7, 11) is 1.97. The minimum Gasteiger partial charge on any atom is -0.308 e. The first-order chi connectivity index (χ1) is 8.29. The maximum absolute atomic E-state index is 4.43. The van der Waals surface area contributed by atoms with Crippen molar-refractivity contribution in [1.29, 1.82) is 0 Å². The van der Waals surface area contributed by atoms with Gasteiger partial charge in [-0.2, -0.15) is 5.10 Å². The Kier molecular flexibility index (Phi) is 3.94. The molecular weight excluding hydrogens is 210 g/mol. The first-order valence-corrected chi connectivity index (χ1v) is 6.05. The van der Waals surface area contributed by atoms with Crippen molar-refractivity contribution in [2.45, 2.75) is 26.4 Å². The molecule has 0 saturated heterocycles. The van der Waals surface area contributed by atoms with E-state index in [1.807, 2.05) is 17.8 Å². The molecule has 0 radical (unpaired) electrons. The van der Waals surface area contributed by atoms with E-state index in [9.17, 15) is 0 Å². The van der Waals surface area contributed by atoms with Crippen LogP contribution in [-0.4, -0.2) is 9.78 Å². The first kappa shape index (κ1) is 11.9. The number of nitrogens with one attached hydrogen (secondary N) is 1. The van der Waals surface area contributed by atoms with E-state index in [2.05, 4.69) is 47.8 Å². The second-order valence-electron chi connectivity index (χ2n) is 4.22. The summed E-state index contributed by atoms with van der Waals surface area (Å²) < 4.78 is 1.89. The third kappa shape index (κ3) is 3.17. The maximum Gasteiger partial charge on any atom is 0.0666 e. The van der Waals surface area contributed by atoms with Gasteiger partial charge in [-0.25, -0.2) is 0 Å². The molecule has 0 aliphatic carbocycles. The molecule has 0 bridgehead atoms. The summed E-state index contributed by atoms with van der Waals surface area (Å²) in [5, 5.41) is 7.88. The highest BCUT2D eigenvalue weighted by Crippen LogP contribution is 2.07. The molecule has 0 fully saturated rings. The van der Waals surface area contributed by atoms with Gasteiger partial charge in [0, 0.05) is 31.9 Å². The highest BCUT2D eigenvalue weighted by atomic mass is 15.3. The summed E-state index contributed by atoms with van der Waals surface area (Å²) in [4.78, 5) is 0. The zero-order valence-electron chi connectivity index (χ0n) is 10.5. The number of hydrogen-bond acceptors (Lipinski definition) is 2.